The van der Waals surface area contributed by atoms with Gasteiger partial charge in [0, 0.05) is 24.8 Å². The number of rotatable bonds is 5. The highest BCUT2D eigenvalue weighted by Crippen LogP contribution is 2.23. The van der Waals surface area contributed by atoms with E-state index in [0.29, 0.717) is 13.0 Å². The lowest BCUT2D eigenvalue weighted by Crippen LogP contribution is -2.12. The lowest BCUT2D eigenvalue weighted by atomic mass is 10.1. The van der Waals surface area contributed by atoms with E-state index >= 15 is 0 Å². The molecule has 20 heavy (non-hydrogen) atoms. The number of hydrogen-bond acceptors (Lipinski definition) is 4. The summed E-state index contributed by atoms with van der Waals surface area (Å²) in [6.45, 7) is 4.45. The van der Waals surface area contributed by atoms with Crippen molar-refractivity contribution in [1.29, 1.82) is 0 Å². The molecule has 0 saturated carbocycles. The van der Waals surface area contributed by atoms with Gasteiger partial charge in [-0.25, -0.2) is 0 Å². The number of hydrogen-bond donors (Lipinski definition) is 2. The van der Waals surface area contributed by atoms with E-state index in [1.165, 1.54) is 0 Å². The third kappa shape index (κ3) is 3.14. The molecule has 2 aromatic rings. The zero-order valence-electron chi connectivity index (χ0n) is 12.0. The van der Waals surface area contributed by atoms with Gasteiger partial charge >= 0.3 is 0 Å². The molecule has 6 nitrogen and oxygen atoms in total. The van der Waals surface area contributed by atoms with Crippen molar-refractivity contribution in [3.63, 3.8) is 0 Å². The number of carbonyl (C=O) groups is 1. The lowest BCUT2D eigenvalue weighted by molar-refractivity contribution is -0.115. The number of amides is 1. The van der Waals surface area contributed by atoms with Crippen LogP contribution in [0.15, 0.2) is 24.4 Å². The van der Waals surface area contributed by atoms with Gasteiger partial charge in [-0.1, -0.05) is 18.2 Å². The van der Waals surface area contributed by atoms with E-state index in [0.717, 1.165) is 22.6 Å². The van der Waals surface area contributed by atoms with Crippen molar-refractivity contribution < 1.29 is 4.79 Å². The second kappa shape index (κ2) is 6.18. The predicted octanol–water partition coefficient (Wildman–Crippen LogP) is 2.08. The quantitative estimate of drug-likeness (QED) is 0.875. The Morgan fingerprint density at radius 2 is 2.10 bits per heavy atom. The smallest absolute Gasteiger partial charge is 0.224 e. The third-order valence-electron chi connectivity index (χ3n) is 3.20. The van der Waals surface area contributed by atoms with Crippen molar-refractivity contribution in [2.45, 2.75) is 26.8 Å². The summed E-state index contributed by atoms with van der Waals surface area (Å²) in [6, 6.07) is 5.81. The summed E-state index contributed by atoms with van der Waals surface area (Å²) < 4.78 is 1.73. The minimum atomic E-state index is 0.0149. The van der Waals surface area contributed by atoms with Gasteiger partial charge in [0.1, 0.15) is 0 Å². The summed E-state index contributed by atoms with van der Waals surface area (Å²) in [5.74, 6) is 0.0149. The molecule has 0 atom stereocenters. The number of nitrogens with zero attached hydrogens (tertiary/aromatic N) is 3. The first-order chi connectivity index (χ1) is 9.61. The van der Waals surface area contributed by atoms with E-state index in [1.54, 1.807) is 10.9 Å². The molecule has 0 aliphatic rings. The Hall–Kier alpha value is -2.37. The highest BCUT2D eigenvalue weighted by molar-refractivity contribution is 5.92. The molecule has 0 bridgehead atoms. The molecule has 0 fully saturated rings. The van der Waals surface area contributed by atoms with Gasteiger partial charge in [-0.05, 0) is 24.6 Å². The number of carbonyl (C=O) groups excluding carboxylic acids is 1. The Bertz CT molecular complexity index is 605. The van der Waals surface area contributed by atoms with Crippen LogP contribution >= 0.6 is 0 Å². The fourth-order valence-electron chi connectivity index (χ4n) is 1.86. The molecule has 106 valence electrons. The zero-order valence-corrected chi connectivity index (χ0v) is 12.0. The van der Waals surface area contributed by atoms with Crippen LogP contribution in [0.4, 0.5) is 11.4 Å². The molecule has 1 aromatic carbocycles. The minimum absolute atomic E-state index is 0.0149. The zero-order chi connectivity index (χ0) is 14.5. The van der Waals surface area contributed by atoms with Gasteiger partial charge in [0.05, 0.1) is 18.4 Å². The highest BCUT2D eigenvalue weighted by Gasteiger charge is 2.07. The van der Waals surface area contributed by atoms with E-state index in [-0.39, 0.29) is 5.91 Å². The summed E-state index contributed by atoms with van der Waals surface area (Å²) in [6.07, 6.45) is 2.20. The number of aryl methyl sites for hydroxylation is 1. The minimum Gasteiger partial charge on any atom is -0.379 e. The van der Waals surface area contributed by atoms with Crippen molar-refractivity contribution in [2.24, 2.45) is 7.05 Å². The molecule has 0 aliphatic carbocycles. The molecule has 1 amide bonds. The summed E-state index contributed by atoms with van der Waals surface area (Å²) in [4.78, 5) is 11.5. The van der Waals surface area contributed by atoms with Crippen LogP contribution in [0.25, 0.3) is 0 Å². The molecule has 6 heteroatoms. The average Bonchev–Trinajstić information content (AvgIpc) is 2.85. The van der Waals surface area contributed by atoms with Crippen molar-refractivity contribution >= 4 is 17.3 Å². The van der Waals surface area contributed by atoms with Crippen molar-refractivity contribution in [3.8, 4) is 0 Å². The van der Waals surface area contributed by atoms with Gasteiger partial charge < -0.3 is 10.6 Å². The van der Waals surface area contributed by atoms with Crippen LogP contribution in [0.2, 0.25) is 0 Å². The molecule has 0 aliphatic heterocycles. The summed E-state index contributed by atoms with van der Waals surface area (Å²) in [5, 5.41) is 14.0. The van der Waals surface area contributed by atoms with Gasteiger partial charge in [-0.3, -0.25) is 9.48 Å². The molecule has 2 rings (SSSR count). The average molecular weight is 273 g/mol. The topological polar surface area (TPSA) is 71.8 Å². The van der Waals surface area contributed by atoms with Gasteiger partial charge in [0.25, 0.3) is 0 Å². The highest BCUT2D eigenvalue weighted by atomic mass is 16.1. The van der Waals surface area contributed by atoms with Crippen LogP contribution in [0.3, 0.4) is 0 Å². The van der Waals surface area contributed by atoms with Crippen LogP contribution in [0, 0.1) is 6.92 Å². The number of anilines is 2. The van der Waals surface area contributed by atoms with Crippen molar-refractivity contribution in [3.05, 3.63) is 35.7 Å². The Morgan fingerprint density at radius 3 is 2.75 bits per heavy atom. The largest absolute Gasteiger partial charge is 0.379 e. The van der Waals surface area contributed by atoms with Crippen LogP contribution in [0.1, 0.15) is 24.6 Å². The third-order valence-corrected chi connectivity index (χ3v) is 3.20. The van der Waals surface area contributed by atoms with Crippen molar-refractivity contribution in [2.75, 3.05) is 10.6 Å². The fourth-order valence-corrected chi connectivity index (χ4v) is 1.86. The summed E-state index contributed by atoms with van der Waals surface area (Å²) in [5.41, 5.74) is 3.84. The van der Waals surface area contributed by atoms with E-state index in [4.69, 9.17) is 0 Å². The molecule has 2 N–H and O–H groups in total. The van der Waals surface area contributed by atoms with Gasteiger partial charge in [0.2, 0.25) is 5.91 Å². The Kier molecular flexibility index (Phi) is 4.34. The first kappa shape index (κ1) is 14.0. The molecule has 1 heterocycles. The molecule has 1 aromatic heterocycles. The Labute approximate surface area is 118 Å². The Balaban J connectivity index is 2.10. The second-order valence-corrected chi connectivity index (χ2v) is 4.58. The Morgan fingerprint density at radius 1 is 1.35 bits per heavy atom. The van der Waals surface area contributed by atoms with Crippen molar-refractivity contribution in [1.82, 2.24) is 15.0 Å². The molecule has 0 radical (unpaired) electrons. The maximum absolute atomic E-state index is 11.5. The van der Waals surface area contributed by atoms with Crippen LogP contribution in [0.5, 0.6) is 0 Å². The monoisotopic (exact) mass is 273 g/mol. The summed E-state index contributed by atoms with van der Waals surface area (Å²) in [7, 11) is 1.86. The molecular formula is C14H19N5O. The van der Waals surface area contributed by atoms with E-state index in [1.807, 2.05) is 39.1 Å². The normalized spacial score (nSPS) is 10.3. The molecule has 0 saturated heterocycles. The first-order valence-corrected chi connectivity index (χ1v) is 6.58. The van der Waals surface area contributed by atoms with E-state index in [2.05, 4.69) is 20.9 Å². The van der Waals surface area contributed by atoms with Crippen LogP contribution < -0.4 is 10.6 Å². The molecular weight excluding hydrogens is 254 g/mol. The van der Waals surface area contributed by atoms with Crippen LogP contribution in [-0.2, 0) is 18.4 Å². The first-order valence-electron chi connectivity index (χ1n) is 6.58. The standard InChI is InChI=1S/C14H19N5O/c1-4-14(20)17-13-7-5-6-12(10(13)2)15-8-11-9-16-18-19(11)3/h5-7,9,15H,4,8H2,1-3H3,(H,17,20). The lowest BCUT2D eigenvalue weighted by Gasteiger charge is -2.13. The fraction of sp³-hybridized carbons (Fsp3) is 0.357. The van der Waals surface area contributed by atoms with E-state index < -0.39 is 0 Å². The maximum atomic E-state index is 11.5. The number of nitrogens with one attached hydrogen (secondary N) is 2. The van der Waals surface area contributed by atoms with E-state index in [9.17, 15) is 4.79 Å². The number of aromatic nitrogens is 3. The molecule has 0 unspecified atom stereocenters. The van der Waals surface area contributed by atoms with Gasteiger partial charge in [0.15, 0.2) is 0 Å². The second-order valence-electron chi connectivity index (χ2n) is 4.58. The summed E-state index contributed by atoms with van der Waals surface area (Å²) >= 11 is 0. The SMILES string of the molecule is CCC(=O)Nc1cccc(NCc2cnnn2C)c1C. The predicted molar refractivity (Wildman–Crippen MR) is 78.4 cm³/mol. The van der Waals surface area contributed by atoms with Gasteiger partial charge in [-0.2, -0.15) is 0 Å². The van der Waals surface area contributed by atoms with Crippen LogP contribution in [-0.4, -0.2) is 20.9 Å². The number of benzene rings is 1. The maximum Gasteiger partial charge on any atom is 0.224 e. The van der Waals surface area contributed by atoms with Gasteiger partial charge in [-0.15, -0.1) is 5.10 Å². The molecule has 0 spiro atoms.